The van der Waals surface area contributed by atoms with Crippen molar-refractivity contribution in [1.82, 2.24) is 4.90 Å². The molecule has 0 aliphatic carbocycles. The summed E-state index contributed by atoms with van der Waals surface area (Å²) < 4.78 is 0. The molecule has 0 amide bonds. The molecule has 0 radical (unpaired) electrons. The molecular formula is C28H40N4. The highest BCUT2D eigenvalue weighted by Gasteiger charge is 2.12. The summed E-state index contributed by atoms with van der Waals surface area (Å²) in [6.45, 7) is 11.3. The van der Waals surface area contributed by atoms with Gasteiger partial charge in [0.1, 0.15) is 0 Å². The number of nitrogens with two attached hydrogens (primary N) is 1. The zero-order valence-corrected chi connectivity index (χ0v) is 20.3. The number of hydrogen-bond donors (Lipinski definition) is 1. The summed E-state index contributed by atoms with van der Waals surface area (Å²) in [6, 6.07) is 20.0. The lowest BCUT2D eigenvalue weighted by Crippen LogP contribution is -2.38. The maximum absolute atomic E-state index is 8.76. The zero-order chi connectivity index (χ0) is 23.8. The minimum absolute atomic E-state index is 0.223. The lowest BCUT2D eigenvalue weighted by Gasteiger charge is -2.25. The van der Waals surface area contributed by atoms with Crippen LogP contribution in [0.2, 0.25) is 0 Å². The van der Waals surface area contributed by atoms with Crippen LogP contribution in [0.5, 0.6) is 0 Å². The lowest BCUT2D eigenvalue weighted by molar-refractivity contribution is 0.338. The van der Waals surface area contributed by atoms with Crippen LogP contribution in [-0.2, 0) is 0 Å². The average molecular weight is 433 g/mol. The van der Waals surface area contributed by atoms with E-state index >= 15 is 0 Å². The molecule has 2 N–H and O–H groups in total. The smallest absolute Gasteiger partial charge is 0.191 e. The minimum Gasteiger partial charge on any atom is -0.370 e. The highest BCUT2D eigenvalue weighted by Crippen LogP contribution is 2.19. The molecule has 1 unspecified atom stereocenters. The monoisotopic (exact) mass is 432 g/mol. The molecule has 4 heteroatoms. The van der Waals surface area contributed by atoms with Crippen molar-refractivity contribution in [2.24, 2.45) is 16.6 Å². The van der Waals surface area contributed by atoms with Crippen molar-refractivity contribution in [3.05, 3.63) is 72.8 Å². The molecule has 2 aromatic carbocycles. The molecule has 0 aliphatic rings. The SMILES string of the molecule is C=CCC(C)N=C(N)N(C)CC(CCC)CCC.N#Cc1cccc(-c2ccccc2)c1. The summed E-state index contributed by atoms with van der Waals surface area (Å²) in [5.41, 5.74) is 8.96. The van der Waals surface area contributed by atoms with Gasteiger partial charge in [-0.2, -0.15) is 5.26 Å². The third kappa shape index (κ3) is 10.3. The van der Waals surface area contributed by atoms with E-state index in [-0.39, 0.29) is 6.04 Å². The summed E-state index contributed by atoms with van der Waals surface area (Å²) in [5, 5.41) is 8.76. The Kier molecular flexibility index (Phi) is 13.2. The number of benzene rings is 2. The van der Waals surface area contributed by atoms with E-state index in [1.165, 1.54) is 25.7 Å². The van der Waals surface area contributed by atoms with Crippen LogP contribution in [0.1, 0.15) is 58.4 Å². The second-order valence-electron chi connectivity index (χ2n) is 8.24. The van der Waals surface area contributed by atoms with Crippen LogP contribution in [0.15, 0.2) is 72.2 Å². The van der Waals surface area contributed by atoms with E-state index in [0.29, 0.717) is 11.5 Å². The van der Waals surface area contributed by atoms with E-state index in [9.17, 15) is 0 Å². The summed E-state index contributed by atoms with van der Waals surface area (Å²) in [7, 11) is 2.04. The average Bonchev–Trinajstić information content (AvgIpc) is 2.80. The molecular weight excluding hydrogens is 392 g/mol. The Labute approximate surface area is 195 Å². The normalized spacial score (nSPS) is 11.8. The van der Waals surface area contributed by atoms with Crippen molar-refractivity contribution < 1.29 is 0 Å². The van der Waals surface area contributed by atoms with Gasteiger partial charge in [0.05, 0.1) is 17.7 Å². The van der Waals surface area contributed by atoms with E-state index in [4.69, 9.17) is 11.0 Å². The van der Waals surface area contributed by atoms with E-state index in [1.54, 1.807) is 0 Å². The molecule has 4 nitrogen and oxygen atoms in total. The molecule has 32 heavy (non-hydrogen) atoms. The number of guanidine groups is 1. The van der Waals surface area contributed by atoms with Gasteiger partial charge in [-0.15, -0.1) is 6.58 Å². The maximum atomic E-state index is 8.76. The standard InChI is InChI=1S/C15H31N3.C13H9N/c1-6-9-13(4)17-15(16)18(5)12-14(10-7-2)11-8-3;14-10-11-5-4-8-13(9-11)12-6-2-1-3-7-12/h6,13-14H,1,7-12H2,2-5H3,(H2,16,17);1-9H. The molecule has 0 heterocycles. The van der Waals surface area contributed by atoms with E-state index in [2.05, 4.69) is 43.3 Å². The van der Waals surface area contributed by atoms with Crippen LogP contribution in [0.3, 0.4) is 0 Å². The first kappa shape index (κ1) is 27.0. The Morgan fingerprint density at radius 1 is 1.09 bits per heavy atom. The summed E-state index contributed by atoms with van der Waals surface area (Å²) >= 11 is 0. The van der Waals surface area contributed by atoms with Gasteiger partial charge in [0, 0.05) is 13.6 Å². The number of nitrogens with zero attached hydrogens (tertiary/aromatic N) is 3. The minimum atomic E-state index is 0.223. The van der Waals surface area contributed by atoms with Gasteiger partial charge >= 0.3 is 0 Å². The molecule has 0 spiro atoms. The van der Waals surface area contributed by atoms with Crippen molar-refractivity contribution in [3.63, 3.8) is 0 Å². The molecule has 172 valence electrons. The van der Waals surface area contributed by atoms with Gasteiger partial charge < -0.3 is 10.6 Å². The molecule has 0 aliphatic heterocycles. The maximum Gasteiger partial charge on any atom is 0.191 e. The van der Waals surface area contributed by atoms with E-state index in [1.807, 2.05) is 67.7 Å². The predicted molar refractivity (Wildman–Crippen MR) is 138 cm³/mol. The number of nitriles is 1. The topological polar surface area (TPSA) is 65.4 Å². The Bertz CT molecular complexity index is 845. The van der Waals surface area contributed by atoms with Crippen LogP contribution < -0.4 is 5.73 Å². The lowest BCUT2D eigenvalue weighted by atomic mass is 9.98. The molecule has 1 atom stereocenters. The van der Waals surface area contributed by atoms with Crippen LogP contribution >= 0.6 is 0 Å². The first-order valence-electron chi connectivity index (χ1n) is 11.7. The van der Waals surface area contributed by atoms with Crippen LogP contribution in [0.25, 0.3) is 11.1 Å². The molecule has 0 bridgehead atoms. The van der Waals surface area contributed by atoms with Gasteiger partial charge in [-0.1, -0.05) is 75.2 Å². The Morgan fingerprint density at radius 3 is 2.28 bits per heavy atom. The quantitative estimate of drug-likeness (QED) is 0.260. The number of hydrogen-bond acceptors (Lipinski definition) is 2. The number of aliphatic imine (C=N–C) groups is 1. The zero-order valence-electron chi connectivity index (χ0n) is 20.3. The largest absolute Gasteiger partial charge is 0.370 e. The highest BCUT2D eigenvalue weighted by atomic mass is 15.2. The first-order valence-corrected chi connectivity index (χ1v) is 11.7. The van der Waals surface area contributed by atoms with Crippen molar-refractivity contribution in [2.45, 2.75) is 58.9 Å². The fourth-order valence-corrected chi connectivity index (χ4v) is 3.64. The van der Waals surface area contributed by atoms with Crippen molar-refractivity contribution in [1.29, 1.82) is 5.26 Å². The third-order valence-corrected chi connectivity index (χ3v) is 5.28. The van der Waals surface area contributed by atoms with E-state index in [0.717, 1.165) is 30.0 Å². The van der Waals surface area contributed by atoms with Gasteiger partial charge in [0.2, 0.25) is 0 Å². The van der Waals surface area contributed by atoms with Crippen molar-refractivity contribution in [3.8, 4) is 17.2 Å². The fraction of sp³-hybridized carbons (Fsp3) is 0.429. The second kappa shape index (κ2) is 15.7. The Morgan fingerprint density at radius 2 is 1.72 bits per heavy atom. The molecule has 0 aromatic heterocycles. The van der Waals surface area contributed by atoms with Crippen LogP contribution in [0.4, 0.5) is 0 Å². The molecule has 0 fully saturated rings. The molecule has 2 aromatic rings. The first-order chi connectivity index (χ1) is 15.4. The second-order valence-corrected chi connectivity index (χ2v) is 8.24. The van der Waals surface area contributed by atoms with Gasteiger partial charge in [-0.05, 0) is 55.4 Å². The summed E-state index contributed by atoms with van der Waals surface area (Å²) in [4.78, 5) is 6.58. The van der Waals surface area contributed by atoms with Gasteiger partial charge in [0.15, 0.2) is 5.96 Å². The summed E-state index contributed by atoms with van der Waals surface area (Å²) in [5.74, 6) is 1.38. The summed E-state index contributed by atoms with van der Waals surface area (Å²) in [6.07, 6.45) is 7.78. The van der Waals surface area contributed by atoms with Gasteiger partial charge in [0.25, 0.3) is 0 Å². The van der Waals surface area contributed by atoms with Crippen LogP contribution in [0, 0.1) is 17.2 Å². The molecule has 0 saturated carbocycles. The molecule has 0 saturated heterocycles. The Balaban J connectivity index is 0.000000328. The predicted octanol–water partition coefficient (Wildman–Crippen LogP) is 6.64. The van der Waals surface area contributed by atoms with Gasteiger partial charge in [-0.25, -0.2) is 4.99 Å². The van der Waals surface area contributed by atoms with Gasteiger partial charge in [-0.3, -0.25) is 0 Å². The van der Waals surface area contributed by atoms with Crippen LogP contribution in [-0.4, -0.2) is 30.5 Å². The highest BCUT2D eigenvalue weighted by molar-refractivity contribution is 5.78. The van der Waals surface area contributed by atoms with E-state index < -0.39 is 0 Å². The Hall–Kier alpha value is -3.06. The van der Waals surface area contributed by atoms with Crippen molar-refractivity contribution >= 4 is 5.96 Å². The number of rotatable bonds is 10. The van der Waals surface area contributed by atoms with Crippen molar-refractivity contribution in [2.75, 3.05) is 13.6 Å². The third-order valence-electron chi connectivity index (χ3n) is 5.28. The molecule has 2 rings (SSSR count). The fourth-order valence-electron chi connectivity index (χ4n) is 3.64.